The van der Waals surface area contributed by atoms with Crippen LogP contribution in [0.15, 0.2) is 96.0 Å². The summed E-state index contributed by atoms with van der Waals surface area (Å²) in [5, 5.41) is 1.85. The number of esters is 2. The summed E-state index contributed by atoms with van der Waals surface area (Å²) < 4.78 is 10.2. The van der Waals surface area contributed by atoms with Gasteiger partial charge in [-0.2, -0.15) is 0 Å². The van der Waals surface area contributed by atoms with Gasteiger partial charge < -0.3 is 9.47 Å². The van der Waals surface area contributed by atoms with Crippen molar-refractivity contribution in [2.75, 3.05) is 7.11 Å². The lowest BCUT2D eigenvalue weighted by molar-refractivity contribution is 0.0600. The molecule has 5 nitrogen and oxygen atoms in total. The Morgan fingerprint density at radius 3 is 2.23 bits per heavy atom. The number of aliphatic imine (C=N–C) groups is 1. The van der Waals surface area contributed by atoms with Crippen molar-refractivity contribution in [3.8, 4) is 5.75 Å². The predicted molar refractivity (Wildman–Crippen MR) is 120 cm³/mol. The first-order valence-corrected chi connectivity index (χ1v) is 9.66. The Balaban J connectivity index is 1.44. The Labute approximate surface area is 179 Å². The lowest BCUT2D eigenvalue weighted by Gasteiger charge is -2.07. The fraction of sp³-hybridized carbons (Fsp3) is 0.0385. The molecule has 0 aliphatic heterocycles. The van der Waals surface area contributed by atoms with Crippen LogP contribution in [0.5, 0.6) is 5.75 Å². The van der Waals surface area contributed by atoms with Crippen molar-refractivity contribution in [3.05, 3.63) is 108 Å². The molecule has 5 heteroatoms. The van der Waals surface area contributed by atoms with Crippen molar-refractivity contribution in [1.82, 2.24) is 0 Å². The van der Waals surface area contributed by atoms with Crippen LogP contribution in [0, 0.1) is 0 Å². The van der Waals surface area contributed by atoms with Crippen molar-refractivity contribution in [1.29, 1.82) is 0 Å². The van der Waals surface area contributed by atoms with E-state index >= 15 is 0 Å². The van der Waals surface area contributed by atoms with E-state index in [4.69, 9.17) is 4.74 Å². The first-order valence-electron chi connectivity index (χ1n) is 9.66. The summed E-state index contributed by atoms with van der Waals surface area (Å²) in [7, 11) is 1.34. The third kappa shape index (κ3) is 4.67. The van der Waals surface area contributed by atoms with Crippen LogP contribution in [0.1, 0.15) is 26.3 Å². The van der Waals surface area contributed by atoms with Crippen LogP contribution in [0.2, 0.25) is 0 Å². The smallest absolute Gasteiger partial charge is 0.344 e. The van der Waals surface area contributed by atoms with E-state index in [9.17, 15) is 9.59 Å². The average molecular weight is 409 g/mol. The fourth-order valence-electron chi connectivity index (χ4n) is 3.14. The normalized spacial score (nSPS) is 10.9. The molecule has 0 aliphatic carbocycles. The summed E-state index contributed by atoms with van der Waals surface area (Å²) in [4.78, 5) is 28.5. The largest absolute Gasteiger partial charge is 0.465 e. The fourth-order valence-corrected chi connectivity index (χ4v) is 3.14. The summed E-state index contributed by atoms with van der Waals surface area (Å²) in [6.07, 6.45) is 1.70. The van der Waals surface area contributed by atoms with Gasteiger partial charge in [-0.25, -0.2) is 9.59 Å². The number of rotatable bonds is 5. The molecule has 0 heterocycles. The van der Waals surface area contributed by atoms with Gasteiger partial charge in [0.2, 0.25) is 0 Å². The molecule has 0 atom stereocenters. The zero-order valence-corrected chi connectivity index (χ0v) is 16.8. The van der Waals surface area contributed by atoms with Gasteiger partial charge in [0, 0.05) is 6.21 Å². The molecule has 0 spiro atoms. The van der Waals surface area contributed by atoms with Gasteiger partial charge in [0.1, 0.15) is 5.75 Å². The molecule has 0 saturated carbocycles. The third-order valence-electron chi connectivity index (χ3n) is 4.75. The van der Waals surface area contributed by atoms with Gasteiger partial charge in [-0.05, 0) is 70.9 Å². The van der Waals surface area contributed by atoms with Crippen molar-refractivity contribution in [3.63, 3.8) is 0 Å². The second-order valence-corrected chi connectivity index (χ2v) is 6.78. The molecule has 31 heavy (non-hydrogen) atoms. The second kappa shape index (κ2) is 9.05. The van der Waals surface area contributed by atoms with Crippen LogP contribution < -0.4 is 4.74 Å². The van der Waals surface area contributed by atoms with E-state index in [0.717, 1.165) is 16.3 Å². The topological polar surface area (TPSA) is 65.0 Å². The number of benzene rings is 4. The number of hydrogen-bond donors (Lipinski definition) is 0. The van der Waals surface area contributed by atoms with Crippen molar-refractivity contribution >= 4 is 34.6 Å². The van der Waals surface area contributed by atoms with E-state index in [-0.39, 0.29) is 5.97 Å². The Morgan fingerprint density at radius 2 is 1.48 bits per heavy atom. The first-order chi connectivity index (χ1) is 15.1. The van der Waals surface area contributed by atoms with E-state index in [1.807, 2.05) is 48.5 Å². The van der Waals surface area contributed by atoms with Crippen molar-refractivity contribution in [2.24, 2.45) is 4.99 Å². The van der Waals surface area contributed by atoms with Crippen LogP contribution in [0.4, 0.5) is 5.69 Å². The molecule has 0 saturated heterocycles. The van der Waals surface area contributed by atoms with Crippen LogP contribution in [0.3, 0.4) is 0 Å². The summed E-state index contributed by atoms with van der Waals surface area (Å²) >= 11 is 0. The second-order valence-electron chi connectivity index (χ2n) is 6.78. The van der Waals surface area contributed by atoms with Crippen molar-refractivity contribution < 1.29 is 19.1 Å². The maximum absolute atomic E-state index is 12.6. The predicted octanol–water partition coefficient (Wildman–Crippen LogP) is 5.60. The highest BCUT2D eigenvalue weighted by Crippen LogP contribution is 2.21. The molecular weight excluding hydrogens is 390 g/mol. The Bertz CT molecular complexity index is 1250. The van der Waals surface area contributed by atoms with E-state index in [0.29, 0.717) is 22.6 Å². The van der Waals surface area contributed by atoms with Gasteiger partial charge >= 0.3 is 11.9 Å². The standard InChI is InChI=1S/C26H19NO4/c1-30-25(28)20-11-13-21(14-12-20)27-17-18-9-15-22(16-10-18)31-26(29)24-8-4-6-19-5-2-3-7-23(19)24/h2-17H,1H3. The highest BCUT2D eigenvalue weighted by atomic mass is 16.5. The maximum atomic E-state index is 12.6. The third-order valence-corrected chi connectivity index (χ3v) is 4.75. The average Bonchev–Trinajstić information content (AvgIpc) is 2.83. The monoisotopic (exact) mass is 409 g/mol. The highest BCUT2D eigenvalue weighted by Gasteiger charge is 2.12. The van der Waals surface area contributed by atoms with Gasteiger partial charge in [0.05, 0.1) is 23.9 Å². The number of hydrogen-bond acceptors (Lipinski definition) is 5. The van der Waals surface area contributed by atoms with Crippen LogP contribution in [-0.4, -0.2) is 25.3 Å². The SMILES string of the molecule is COC(=O)c1ccc(N=Cc2ccc(OC(=O)c3cccc4ccccc34)cc2)cc1. The molecule has 4 rings (SSSR count). The van der Waals surface area contributed by atoms with Crippen LogP contribution >= 0.6 is 0 Å². The zero-order valence-electron chi connectivity index (χ0n) is 16.8. The maximum Gasteiger partial charge on any atom is 0.344 e. The summed E-state index contributed by atoms with van der Waals surface area (Å²) in [6.45, 7) is 0. The van der Waals surface area contributed by atoms with Gasteiger partial charge in [-0.1, -0.05) is 36.4 Å². The number of nitrogens with zero attached hydrogens (tertiary/aromatic N) is 1. The lowest BCUT2D eigenvalue weighted by atomic mass is 10.0. The summed E-state index contributed by atoms with van der Waals surface area (Å²) in [6, 6.07) is 27.2. The molecule has 4 aromatic carbocycles. The molecule has 0 unspecified atom stereocenters. The number of fused-ring (bicyclic) bond motifs is 1. The highest BCUT2D eigenvalue weighted by molar-refractivity contribution is 6.05. The quantitative estimate of drug-likeness (QED) is 0.245. The molecule has 0 fully saturated rings. The summed E-state index contributed by atoms with van der Waals surface area (Å²) in [5.41, 5.74) is 2.55. The van der Waals surface area contributed by atoms with Crippen molar-refractivity contribution in [2.45, 2.75) is 0 Å². The van der Waals surface area contributed by atoms with Crippen LogP contribution in [0.25, 0.3) is 10.8 Å². The zero-order chi connectivity index (χ0) is 21.6. The van der Waals surface area contributed by atoms with Gasteiger partial charge in [-0.15, -0.1) is 0 Å². The molecular formula is C26H19NO4. The van der Waals surface area contributed by atoms with Gasteiger partial charge in [-0.3, -0.25) is 4.99 Å². The molecule has 152 valence electrons. The Kier molecular flexibility index (Phi) is 5.85. The number of carbonyl (C=O) groups is 2. The van der Waals surface area contributed by atoms with E-state index in [1.54, 1.807) is 48.7 Å². The number of methoxy groups -OCH3 is 1. The van der Waals surface area contributed by atoms with E-state index in [2.05, 4.69) is 9.73 Å². The van der Waals surface area contributed by atoms with Gasteiger partial charge in [0.25, 0.3) is 0 Å². The molecule has 0 aromatic heterocycles. The molecule has 0 amide bonds. The molecule has 0 bridgehead atoms. The van der Waals surface area contributed by atoms with Gasteiger partial charge in [0.15, 0.2) is 0 Å². The Morgan fingerprint density at radius 1 is 0.774 bits per heavy atom. The minimum Gasteiger partial charge on any atom is -0.465 e. The lowest BCUT2D eigenvalue weighted by Crippen LogP contribution is -2.09. The van der Waals surface area contributed by atoms with E-state index < -0.39 is 5.97 Å². The molecule has 4 aromatic rings. The molecule has 0 N–H and O–H groups in total. The molecule has 0 aliphatic rings. The number of carbonyl (C=O) groups excluding carboxylic acids is 2. The minimum atomic E-state index is -0.399. The summed E-state index contributed by atoms with van der Waals surface area (Å²) in [5.74, 6) is -0.328. The van der Waals surface area contributed by atoms with E-state index in [1.165, 1.54) is 7.11 Å². The number of ether oxygens (including phenoxy) is 2. The minimum absolute atomic E-state index is 0.385. The first kappa shape index (κ1) is 20.0. The van der Waals surface area contributed by atoms with Crippen LogP contribution in [-0.2, 0) is 4.74 Å². The Hall–Kier alpha value is -4.25. The molecule has 0 radical (unpaired) electrons.